The normalized spacial score (nSPS) is 14.6. The third-order valence-electron chi connectivity index (χ3n) is 3.52. The van der Waals surface area contributed by atoms with Crippen LogP contribution in [0.4, 0.5) is 4.79 Å². The molecule has 0 radical (unpaired) electrons. The van der Waals surface area contributed by atoms with E-state index in [-0.39, 0.29) is 17.5 Å². The zero-order valence-corrected chi connectivity index (χ0v) is 16.4. The summed E-state index contributed by atoms with van der Waals surface area (Å²) in [4.78, 5) is 54.1. The van der Waals surface area contributed by atoms with Crippen molar-refractivity contribution in [1.82, 2.24) is 10.4 Å². The lowest BCUT2D eigenvalue weighted by molar-refractivity contribution is -0.171. The van der Waals surface area contributed by atoms with Crippen LogP contribution in [0.25, 0.3) is 0 Å². The maximum Gasteiger partial charge on any atom is 0.408 e. The summed E-state index contributed by atoms with van der Waals surface area (Å²) in [6.45, 7) is 5.09. The highest BCUT2D eigenvalue weighted by Crippen LogP contribution is 2.23. The number of carbonyl (C=O) groups excluding carboxylic acids is 4. The van der Waals surface area contributed by atoms with Crippen LogP contribution < -0.4 is 5.32 Å². The monoisotopic (exact) mass is 394 g/mol. The van der Waals surface area contributed by atoms with Crippen LogP contribution in [0, 0.1) is 0 Å². The van der Waals surface area contributed by atoms with Gasteiger partial charge in [0.25, 0.3) is 11.8 Å². The number of alkyl carbamates (subject to hydrolysis) is 1. The second kappa shape index (κ2) is 8.43. The second-order valence-corrected chi connectivity index (χ2v) is 7.83. The highest BCUT2D eigenvalue weighted by atomic mass is 32.2. The number of hydrogen-bond donors (Lipinski definition) is 1. The number of fused-ring (bicyclic) bond motifs is 1. The topological polar surface area (TPSA) is 102 Å². The molecule has 0 saturated carbocycles. The molecule has 2 rings (SSSR count). The van der Waals surface area contributed by atoms with E-state index in [0.717, 1.165) is 0 Å². The molecule has 1 heterocycles. The zero-order valence-electron chi connectivity index (χ0n) is 15.6. The molecule has 0 unspecified atom stereocenters. The van der Waals surface area contributed by atoms with E-state index in [4.69, 9.17) is 9.57 Å². The Morgan fingerprint density at radius 2 is 1.70 bits per heavy atom. The minimum atomic E-state index is -1.06. The van der Waals surface area contributed by atoms with Gasteiger partial charge in [-0.3, -0.25) is 9.59 Å². The molecule has 146 valence electrons. The summed E-state index contributed by atoms with van der Waals surface area (Å²) in [6.07, 6.45) is 1.32. The first-order chi connectivity index (χ1) is 12.6. The van der Waals surface area contributed by atoms with Gasteiger partial charge in [0.2, 0.25) is 0 Å². The first-order valence-electron chi connectivity index (χ1n) is 8.32. The lowest BCUT2D eigenvalue weighted by atomic mass is 10.1. The minimum Gasteiger partial charge on any atom is -0.444 e. The summed E-state index contributed by atoms with van der Waals surface area (Å²) in [5.41, 5.74) is -0.409. The molecule has 8 nitrogen and oxygen atoms in total. The average Bonchev–Trinajstić information content (AvgIpc) is 2.82. The zero-order chi connectivity index (χ0) is 20.2. The van der Waals surface area contributed by atoms with Gasteiger partial charge in [0.1, 0.15) is 11.6 Å². The van der Waals surface area contributed by atoms with E-state index in [9.17, 15) is 19.2 Å². The van der Waals surface area contributed by atoms with Gasteiger partial charge < -0.3 is 14.9 Å². The lowest BCUT2D eigenvalue weighted by Crippen LogP contribution is -2.47. The van der Waals surface area contributed by atoms with Gasteiger partial charge in [-0.2, -0.15) is 11.8 Å². The van der Waals surface area contributed by atoms with Gasteiger partial charge in [0.05, 0.1) is 11.1 Å². The number of hydrogen-bond acceptors (Lipinski definition) is 7. The fourth-order valence-corrected chi connectivity index (χ4v) is 2.81. The van der Waals surface area contributed by atoms with E-state index in [1.165, 1.54) is 23.9 Å². The van der Waals surface area contributed by atoms with Crippen molar-refractivity contribution in [2.24, 2.45) is 0 Å². The van der Waals surface area contributed by atoms with Crippen LogP contribution in [0.2, 0.25) is 0 Å². The molecule has 0 aliphatic carbocycles. The molecule has 1 aliphatic rings. The van der Waals surface area contributed by atoms with Crippen LogP contribution in [0.1, 0.15) is 47.9 Å². The lowest BCUT2D eigenvalue weighted by Gasteiger charge is -2.23. The van der Waals surface area contributed by atoms with E-state index in [2.05, 4.69) is 5.32 Å². The van der Waals surface area contributed by atoms with E-state index in [0.29, 0.717) is 10.8 Å². The fourth-order valence-electron chi connectivity index (χ4n) is 2.34. The van der Waals surface area contributed by atoms with Gasteiger partial charge in [-0.25, -0.2) is 9.59 Å². The van der Waals surface area contributed by atoms with Gasteiger partial charge in [-0.05, 0) is 51.3 Å². The molecule has 0 fully saturated rings. The number of nitrogens with zero attached hydrogens (tertiary/aromatic N) is 1. The molecule has 1 aromatic rings. The number of amides is 3. The van der Waals surface area contributed by atoms with Crippen molar-refractivity contribution < 1.29 is 28.8 Å². The Morgan fingerprint density at radius 1 is 1.15 bits per heavy atom. The van der Waals surface area contributed by atoms with Crippen LogP contribution in [0.15, 0.2) is 24.3 Å². The molecule has 9 heteroatoms. The number of ether oxygens (including phenoxy) is 1. The van der Waals surface area contributed by atoms with Gasteiger partial charge in [-0.1, -0.05) is 17.2 Å². The maximum absolute atomic E-state index is 12.5. The number of benzene rings is 1. The van der Waals surface area contributed by atoms with Gasteiger partial charge in [0, 0.05) is 0 Å². The number of imide groups is 1. The number of hydroxylamine groups is 2. The fraction of sp³-hybridized carbons (Fsp3) is 0.444. The molecule has 3 amide bonds. The highest BCUT2D eigenvalue weighted by Gasteiger charge is 2.40. The van der Waals surface area contributed by atoms with E-state index in [1.54, 1.807) is 32.9 Å². The molecule has 1 aromatic carbocycles. The number of carbonyl (C=O) groups is 4. The van der Waals surface area contributed by atoms with Crippen molar-refractivity contribution in [1.29, 1.82) is 0 Å². The highest BCUT2D eigenvalue weighted by molar-refractivity contribution is 7.98. The van der Waals surface area contributed by atoms with Crippen LogP contribution in [-0.2, 0) is 14.4 Å². The van der Waals surface area contributed by atoms with Crippen molar-refractivity contribution in [3.05, 3.63) is 35.4 Å². The largest absolute Gasteiger partial charge is 0.444 e. The predicted molar refractivity (Wildman–Crippen MR) is 99.2 cm³/mol. The summed E-state index contributed by atoms with van der Waals surface area (Å²) in [5.74, 6) is -1.79. The maximum atomic E-state index is 12.5. The van der Waals surface area contributed by atoms with Gasteiger partial charge >= 0.3 is 12.1 Å². The number of rotatable bonds is 6. The van der Waals surface area contributed by atoms with Gasteiger partial charge in [-0.15, -0.1) is 0 Å². The Kier molecular flexibility index (Phi) is 6.48. The molecule has 1 N–H and O–H groups in total. The molecule has 0 spiro atoms. The Balaban J connectivity index is 2.09. The van der Waals surface area contributed by atoms with E-state index < -0.39 is 35.5 Å². The third kappa shape index (κ3) is 5.22. The Morgan fingerprint density at radius 3 is 2.19 bits per heavy atom. The quantitative estimate of drug-likeness (QED) is 0.739. The molecule has 27 heavy (non-hydrogen) atoms. The minimum absolute atomic E-state index is 0.163. The molecular weight excluding hydrogens is 372 g/mol. The van der Waals surface area contributed by atoms with E-state index in [1.807, 2.05) is 6.26 Å². The summed E-state index contributed by atoms with van der Waals surface area (Å²) in [5, 5.41) is 2.86. The first-order valence-corrected chi connectivity index (χ1v) is 9.71. The smallest absolute Gasteiger partial charge is 0.408 e. The van der Waals surface area contributed by atoms with Crippen LogP contribution >= 0.6 is 11.8 Å². The van der Waals surface area contributed by atoms with Crippen molar-refractivity contribution in [3.8, 4) is 0 Å². The van der Waals surface area contributed by atoms with E-state index >= 15 is 0 Å². The Bertz CT molecular complexity index is 723. The summed E-state index contributed by atoms with van der Waals surface area (Å²) in [6, 6.07) is 5.12. The standard InChI is InChI=1S/C18H22N2O6S/c1-18(2,3)25-17(24)19-13(9-10-27-4)16(23)26-20-14(21)11-7-5-6-8-12(11)15(20)22/h5-8,13H,9-10H2,1-4H3,(H,19,24)/t13-/m1/s1. The predicted octanol–water partition coefficient (Wildman–Crippen LogP) is 2.39. The molecule has 1 aliphatic heterocycles. The second-order valence-electron chi connectivity index (χ2n) is 6.84. The Hall–Kier alpha value is -2.55. The first kappa shape index (κ1) is 20.8. The van der Waals surface area contributed by atoms with Crippen LogP contribution in [0.3, 0.4) is 0 Å². The van der Waals surface area contributed by atoms with Crippen molar-refractivity contribution in [2.75, 3.05) is 12.0 Å². The van der Waals surface area contributed by atoms with Crippen molar-refractivity contribution in [2.45, 2.75) is 38.8 Å². The number of nitrogens with one attached hydrogen (secondary N) is 1. The average molecular weight is 394 g/mol. The summed E-state index contributed by atoms with van der Waals surface area (Å²) >= 11 is 1.47. The SMILES string of the molecule is CSCC[C@@H](NC(=O)OC(C)(C)C)C(=O)ON1C(=O)c2ccccc2C1=O. The molecular formula is C18H22N2O6S. The summed E-state index contributed by atoms with van der Waals surface area (Å²) < 4.78 is 5.15. The Labute approximate surface area is 161 Å². The molecule has 1 atom stereocenters. The van der Waals surface area contributed by atoms with Crippen molar-refractivity contribution >= 4 is 35.6 Å². The third-order valence-corrected chi connectivity index (χ3v) is 4.17. The molecule has 0 bridgehead atoms. The van der Waals surface area contributed by atoms with Crippen LogP contribution in [0.5, 0.6) is 0 Å². The van der Waals surface area contributed by atoms with Gasteiger partial charge in [0.15, 0.2) is 0 Å². The number of thioether (sulfide) groups is 1. The summed E-state index contributed by atoms with van der Waals surface area (Å²) in [7, 11) is 0. The van der Waals surface area contributed by atoms with Crippen LogP contribution in [-0.4, -0.2) is 52.6 Å². The molecule has 0 aromatic heterocycles. The molecule has 0 saturated heterocycles. The van der Waals surface area contributed by atoms with Crippen molar-refractivity contribution in [3.63, 3.8) is 0 Å².